The van der Waals surface area contributed by atoms with Crippen molar-refractivity contribution in [2.24, 2.45) is 5.84 Å². The summed E-state index contributed by atoms with van der Waals surface area (Å²) in [6, 6.07) is 1.46. The Labute approximate surface area is 117 Å². The van der Waals surface area contributed by atoms with Gasteiger partial charge in [-0.1, -0.05) is 11.6 Å². The van der Waals surface area contributed by atoms with Crippen LogP contribution in [0.25, 0.3) is 0 Å². The van der Waals surface area contributed by atoms with Crippen LogP contribution in [-0.2, 0) is 6.54 Å². The van der Waals surface area contributed by atoms with Gasteiger partial charge in [-0.15, -0.1) is 0 Å². The van der Waals surface area contributed by atoms with Crippen molar-refractivity contribution >= 4 is 17.5 Å². The second kappa shape index (κ2) is 5.35. The van der Waals surface area contributed by atoms with E-state index in [-0.39, 0.29) is 17.1 Å². The molecule has 0 aliphatic carbocycles. The Morgan fingerprint density at radius 3 is 2.90 bits per heavy atom. The number of hydrogen-bond donors (Lipinski definition) is 3. The minimum absolute atomic E-state index is 0.0218. The Morgan fingerprint density at radius 1 is 1.55 bits per heavy atom. The number of carbonyl (C=O) groups excluding carboxylic acids is 1. The summed E-state index contributed by atoms with van der Waals surface area (Å²) < 4.78 is 6.51. The lowest BCUT2D eigenvalue weighted by atomic mass is 10.2. The Morgan fingerprint density at radius 2 is 2.25 bits per heavy atom. The smallest absolute Gasteiger partial charge is 0.328 e. The predicted molar refractivity (Wildman–Crippen MR) is 70.5 cm³/mol. The number of aryl methyl sites for hydroxylation is 1. The SMILES string of the molecule is Cc1oc(Cn2cc(Cl)c(=O)[nH]c2=O)cc1C(=O)NN. The molecule has 2 aromatic rings. The minimum Gasteiger partial charge on any atom is -0.464 e. The van der Waals surface area contributed by atoms with Gasteiger partial charge in [0.1, 0.15) is 16.5 Å². The summed E-state index contributed by atoms with van der Waals surface area (Å²) in [7, 11) is 0. The quantitative estimate of drug-likeness (QED) is 0.409. The van der Waals surface area contributed by atoms with Gasteiger partial charge in [0.2, 0.25) is 0 Å². The number of furan rings is 1. The van der Waals surface area contributed by atoms with Gasteiger partial charge in [-0.05, 0) is 13.0 Å². The zero-order chi connectivity index (χ0) is 14.9. The largest absolute Gasteiger partial charge is 0.464 e. The fourth-order valence-electron chi connectivity index (χ4n) is 1.69. The third-order valence-corrected chi connectivity index (χ3v) is 2.91. The van der Waals surface area contributed by atoms with E-state index in [1.54, 1.807) is 6.92 Å². The third-order valence-electron chi connectivity index (χ3n) is 2.64. The minimum atomic E-state index is -0.660. The van der Waals surface area contributed by atoms with Crippen LogP contribution in [0.2, 0.25) is 5.02 Å². The van der Waals surface area contributed by atoms with E-state index in [0.29, 0.717) is 11.5 Å². The van der Waals surface area contributed by atoms with Crippen molar-refractivity contribution in [1.29, 1.82) is 0 Å². The van der Waals surface area contributed by atoms with Gasteiger partial charge in [0.05, 0.1) is 12.1 Å². The number of halogens is 1. The summed E-state index contributed by atoms with van der Waals surface area (Å²) in [5, 5.41) is -0.118. The molecule has 20 heavy (non-hydrogen) atoms. The lowest BCUT2D eigenvalue weighted by Gasteiger charge is -2.02. The summed E-state index contributed by atoms with van der Waals surface area (Å²) >= 11 is 5.65. The fourth-order valence-corrected chi connectivity index (χ4v) is 1.86. The molecule has 0 bridgehead atoms. The van der Waals surface area contributed by atoms with Gasteiger partial charge in [0, 0.05) is 6.20 Å². The molecule has 1 amide bonds. The average molecular weight is 299 g/mol. The summed E-state index contributed by atoms with van der Waals surface area (Å²) in [4.78, 5) is 36.2. The van der Waals surface area contributed by atoms with E-state index in [2.05, 4.69) is 4.98 Å². The molecular weight excluding hydrogens is 288 g/mol. The maximum Gasteiger partial charge on any atom is 0.328 e. The fraction of sp³-hybridized carbons (Fsp3) is 0.182. The molecule has 4 N–H and O–H groups in total. The summed E-state index contributed by atoms with van der Waals surface area (Å²) in [6.07, 6.45) is 1.20. The van der Waals surface area contributed by atoms with E-state index in [9.17, 15) is 14.4 Å². The van der Waals surface area contributed by atoms with Gasteiger partial charge in [-0.2, -0.15) is 0 Å². The van der Waals surface area contributed by atoms with Crippen molar-refractivity contribution < 1.29 is 9.21 Å². The first-order valence-corrected chi connectivity index (χ1v) is 5.89. The number of aromatic amines is 1. The van der Waals surface area contributed by atoms with E-state index < -0.39 is 17.2 Å². The molecule has 0 aliphatic rings. The number of nitrogen functional groups attached to an aromatic ring is 1. The molecule has 0 aliphatic heterocycles. The maximum atomic E-state index is 11.6. The van der Waals surface area contributed by atoms with E-state index in [1.165, 1.54) is 12.3 Å². The van der Waals surface area contributed by atoms with Crippen LogP contribution in [0.3, 0.4) is 0 Å². The van der Waals surface area contributed by atoms with E-state index in [1.807, 2.05) is 5.43 Å². The first kappa shape index (κ1) is 14.1. The van der Waals surface area contributed by atoms with Crippen LogP contribution in [0, 0.1) is 6.92 Å². The Balaban J connectivity index is 2.36. The van der Waals surface area contributed by atoms with Crippen molar-refractivity contribution in [2.75, 3.05) is 0 Å². The number of H-pyrrole nitrogens is 1. The molecule has 0 spiro atoms. The van der Waals surface area contributed by atoms with Crippen LogP contribution in [0.15, 0.2) is 26.3 Å². The highest BCUT2D eigenvalue weighted by molar-refractivity contribution is 6.30. The first-order valence-electron chi connectivity index (χ1n) is 5.52. The van der Waals surface area contributed by atoms with E-state index in [0.717, 1.165) is 4.57 Å². The summed E-state index contributed by atoms with van der Waals surface area (Å²) in [6.45, 7) is 1.62. The predicted octanol–water partition coefficient (Wildman–Crippen LogP) is -0.257. The van der Waals surface area contributed by atoms with Crippen molar-refractivity contribution in [3.8, 4) is 0 Å². The number of rotatable bonds is 3. The highest BCUT2D eigenvalue weighted by atomic mass is 35.5. The molecule has 0 saturated heterocycles. The molecule has 2 heterocycles. The molecule has 106 valence electrons. The lowest BCUT2D eigenvalue weighted by Crippen LogP contribution is -2.30. The second-order valence-corrected chi connectivity index (χ2v) is 4.43. The first-order chi connectivity index (χ1) is 9.42. The van der Waals surface area contributed by atoms with Gasteiger partial charge >= 0.3 is 5.69 Å². The standard InChI is InChI=1S/C11H11ClN4O4/c1-5-7(9(17)15-13)2-6(20-5)3-16-4-8(12)10(18)14-11(16)19/h2,4H,3,13H2,1H3,(H,15,17)(H,14,18,19). The third kappa shape index (κ3) is 2.65. The molecule has 0 atom stereocenters. The molecule has 0 aromatic carbocycles. The Bertz CT molecular complexity index is 773. The Hall–Kier alpha value is -2.32. The zero-order valence-electron chi connectivity index (χ0n) is 10.4. The van der Waals surface area contributed by atoms with Gasteiger partial charge in [-0.25, -0.2) is 10.6 Å². The topological polar surface area (TPSA) is 123 Å². The van der Waals surface area contributed by atoms with Gasteiger partial charge in [0.25, 0.3) is 11.5 Å². The van der Waals surface area contributed by atoms with Gasteiger partial charge < -0.3 is 4.42 Å². The molecule has 2 aromatic heterocycles. The number of amides is 1. The van der Waals surface area contributed by atoms with Crippen LogP contribution in [-0.4, -0.2) is 15.5 Å². The average Bonchev–Trinajstić information content (AvgIpc) is 2.76. The highest BCUT2D eigenvalue weighted by Gasteiger charge is 2.14. The van der Waals surface area contributed by atoms with Crippen LogP contribution >= 0.6 is 11.6 Å². The van der Waals surface area contributed by atoms with Crippen LogP contribution in [0.5, 0.6) is 0 Å². The van der Waals surface area contributed by atoms with Crippen LogP contribution in [0.4, 0.5) is 0 Å². The molecule has 0 unspecified atom stereocenters. The summed E-state index contributed by atoms with van der Waals surface area (Å²) in [5.74, 6) is 5.27. The van der Waals surface area contributed by atoms with E-state index in [4.69, 9.17) is 21.9 Å². The number of carbonyl (C=O) groups is 1. The zero-order valence-corrected chi connectivity index (χ0v) is 11.2. The van der Waals surface area contributed by atoms with Crippen molar-refractivity contribution in [2.45, 2.75) is 13.5 Å². The number of nitrogens with zero attached hydrogens (tertiary/aromatic N) is 1. The molecule has 0 fully saturated rings. The van der Waals surface area contributed by atoms with E-state index >= 15 is 0 Å². The van der Waals surface area contributed by atoms with Crippen LogP contribution in [0.1, 0.15) is 21.9 Å². The molecular formula is C11H11ClN4O4. The van der Waals surface area contributed by atoms with Crippen molar-refractivity contribution in [3.05, 3.63) is 55.2 Å². The molecule has 2 rings (SSSR count). The lowest BCUT2D eigenvalue weighted by molar-refractivity contribution is 0.0952. The van der Waals surface area contributed by atoms with Crippen molar-refractivity contribution in [1.82, 2.24) is 15.0 Å². The van der Waals surface area contributed by atoms with Crippen molar-refractivity contribution in [3.63, 3.8) is 0 Å². The Kier molecular flexibility index (Phi) is 3.77. The maximum absolute atomic E-state index is 11.6. The second-order valence-electron chi connectivity index (χ2n) is 4.02. The number of nitrogens with two attached hydrogens (primary N) is 1. The number of hydrogen-bond acceptors (Lipinski definition) is 5. The molecule has 0 saturated carbocycles. The molecule has 9 heteroatoms. The van der Waals surface area contributed by atoms with Gasteiger partial charge in [0.15, 0.2) is 0 Å². The number of hydrazine groups is 1. The van der Waals surface area contributed by atoms with Gasteiger partial charge in [-0.3, -0.25) is 24.6 Å². The monoisotopic (exact) mass is 298 g/mol. The number of aromatic nitrogens is 2. The molecule has 0 radical (unpaired) electrons. The highest BCUT2D eigenvalue weighted by Crippen LogP contribution is 2.15. The number of nitrogens with one attached hydrogen (secondary N) is 2. The normalized spacial score (nSPS) is 10.6. The molecule has 8 nitrogen and oxygen atoms in total. The van der Waals surface area contributed by atoms with Crippen LogP contribution < -0.4 is 22.5 Å². The summed E-state index contributed by atoms with van der Waals surface area (Å²) in [5.41, 5.74) is 0.974.